The van der Waals surface area contributed by atoms with Crippen LogP contribution in [0, 0.1) is 5.82 Å². The van der Waals surface area contributed by atoms with E-state index in [0.717, 1.165) is 18.5 Å². The summed E-state index contributed by atoms with van der Waals surface area (Å²) in [7, 11) is 0.660. The Morgan fingerprint density at radius 1 is 1.23 bits per heavy atom. The lowest BCUT2D eigenvalue weighted by atomic mass is 9.80. The number of fused-ring (bicyclic) bond motifs is 1. The highest BCUT2D eigenvalue weighted by molar-refractivity contribution is 6.62. The summed E-state index contributed by atoms with van der Waals surface area (Å²) in [6, 6.07) is 6.62. The number of rotatable bonds is 6. The van der Waals surface area contributed by atoms with Gasteiger partial charge in [-0.2, -0.15) is 0 Å². The lowest BCUT2D eigenvalue weighted by molar-refractivity contribution is -0.0589. The van der Waals surface area contributed by atoms with E-state index in [9.17, 15) is 4.79 Å². The second-order valence-electron chi connectivity index (χ2n) is 10.1. The fraction of sp³-hybridized carbons (Fsp3) is 0.480. The van der Waals surface area contributed by atoms with Crippen LogP contribution in [0.2, 0.25) is 0 Å². The highest BCUT2D eigenvalue weighted by Gasteiger charge is 2.52. The van der Waals surface area contributed by atoms with Crippen LogP contribution in [0.25, 0.3) is 11.0 Å². The van der Waals surface area contributed by atoms with E-state index in [1.165, 1.54) is 13.2 Å². The Labute approximate surface area is 203 Å². The largest absolute Gasteiger partial charge is 0.496 e. The molecular formula is C25H29BFN3O5. The molecule has 0 aliphatic carbocycles. The molecule has 35 heavy (non-hydrogen) atoms. The molecule has 0 unspecified atom stereocenters. The number of carbonyl (C=O) groups is 1. The highest BCUT2D eigenvalue weighted by atomic mass is 19.1. The van der Waals surface area contributed by atoms with Gasteiger partial charge in [-0.05, 0) is 58.4 Å². The number of nitrogens with zero attached hydrogens (tertiary/aromatic N) is 3. The molecule has 10 heteroatoms. The number of benzene rings is 1. The van der Waals surface area contributed by atoms with Gasteiger partial charge in [-0.15, -0.1) is 0 Å². The third-order valence-corrected chi connectivity index (χ3v) is 7.22. The highest BCUT2D eigenvalue weighted by Crippen LogP contribution is 2.36. The first-order valence-electron chi connectivity index (χ1n) is 11.8. The van der Waals surface area contributed by atoms with E-state index in [2.05, 4.69) is 4.98 Å². The number of carbonyl (C=O) groups excluding carboxylic acids is 1. The molecule has 4 heterocycles. The molecule has 0 bridgehead atoms. The average molecular weight is 481 g/mol. The Kier molecular flexibility index (Phi) is 5.93. The van der Waals surface area contributed by atoms with Crippen LogP contribution in [-0.4, -0.2) is 58.6 Å². The molecule has 2 aromatic heterocycles. The van der Waals surface area contributed by atoms with Gasteiger partial charge in [0.05, 0.1) is 59.7 Å². The maximum absolute atomic E-state index is 15.2. The number of ether oxygens (including phenoxy) is 2. The number of esters is 1. The minimum atomic E-state index is -0.687. The van der Waals surface area contributed by atoms with Crippen LogP contribution >= 0.6 is 0 Å². The minimum Gasteiger partial charge on any atom is -0.465 e. The lowest BCUT2D eigenvalue weighted by Crippen LogP contribution is -2.41. The lowest BCUT2D eigenvalue weighted by Gasteiger charge is -2.32. The van der Waals surface area contributed by atoms with Crippen molar-refractivity contribution in [3.05, 3.63) is 53.4 Å². The summed E-state index contributed by atoms with van der Waals surface area (Å²) in [5.74, 6) is -0.231. The number of aromatic nitrogens is 3. The van der Waals surface area contributed by atoms with Crippen LogP contribution in [0.4, 0.5) is 4.39 Å². The minimum absolute atomic E-state index is 0.0523. The van der Waals surface area contributed by atoms with Crippen LogP contribution < -0.4 is 5.46 Å². The van der Waals surface area contributed by atoms with Crippen molar-refractivity contribution in [2.75, 3.05) is 13.7 Å². The molecule has 0 N–H and O–H groups in total. The summed E-state index contributed by atoms with van der Waals surface area (Å²) in [6.45, 7) is 9.08. The first kappa shape index (κ1) is 23.9. The fourth-order valence-electron chi connectivity index (χ4n) is 4.26. The van der Waals surface area contributed by atoms with Crippen molar-refractivity contribution in [1.82, 2.24) is 14.5 Å². The Morgan fingerprint density at radius 3 is 2.54 bits per heavy atom. The predicted octanol–water partition coefficient (Wildman–Crippen LogP) is 3.04. The van der Waals surface area contributed by atoms with Crippen molar-refractivity contribution in [2.24, 2.45) is 0 Å². The standard InChI is InChI=1S/C25H29BFN3O5/c1-24(2)25(3,4)35-26(34-24)16-11-18(27)20(28-13-16)12-22-29-19-7-6-15(23(31)32-5)10-21(19)30(22)14-17-8-9-33-17/h6-7,10-11,13,17H,8-9,12,14H2,1-5H3/t17-/m0/s1. The molecule has 2 aliphatic rings. The zero-order chi connectivity index (χ0) is 25.0. The molecule has 2 fully saturated rings. The molecule has 0 spiro atoms. The molecule has 5 rings (SSSR count). The van der Waals surface area contributed by atoms with Crippen molar-refractivity contribution in [2.45, 2.75) is 64.4 Å². The molecule has 0 saturated carbocycles. The second kappa shape index (κ2) is 8.69. The zero-order valence-electron chi connectivity index (χ0n) is 20.6. The first-order valence-corrected chi connectivity index (χ1v) is 11.8. The summed E-state index contributed by atoms with van der Waals surface area (Å²) in [5.41, 5.74) is 1.66. The third-order valence-electron chi connectivity index (χ3n) is 7.22. The molecule has 8 nitrogen and oxygen atoms in total. The van der Waals surface area contributed by atoms with Gasteiger partial charge in [0.25, 0.3) is 0 Å². The zero-order valence-corrected chi connectivity index (χ0v) is 20.6. The first-order chi connectivity index (χ1) is 16.6. The van der Waals surface area contributed by atoms with Crippen LogP contribution in [0.1, 0.15) is 56.0 Å². The van der Waals surface area contributed by atoms with E-state index in [1.54, 1.807) is 24.4 Å². The Bertz CT molecular complexity index is 1270. The molecule has 1 aromatic carbocycles. The van der Waals surface area contributed by atoms with Gasteiger partial charge in [0.1, 0.15) is 11.6 Å². The van der Waals surface area contributed by atoms with Crippen molar-refractivity contribution in [3.63, 3.8) is 0 Å². The maximum atomic E-state index is 15.2. The van der Waals surface area contributed by atoms with Crippen LogP contribution in [0.5, 0.6) is 0 Å². The Balaban J connectivity index is 1.45. The van der Waals surface area contributed by atoms with Crippen molar-refractivity contribution >= 4 is 29.6 Å². The van der Waals surface area contributed by atoms with Gasteiger partial charge in [-0.1, -0.05) is 0 Å². The van der Waals surface area contributed by atoms with Gasteiger partial charge in [-0.3, -0.25) is 4.98 Å². The number of imidazole rings is 1. The maximum Gasteiger partial charge on any atom is 0.496 e. The van der Waals surface area contributed by atoms with E-state index >= 15 is 4.39 Å². The SMILES string of the molecule is COC(=O)c1ccc2nc(Cc3ncc(B4OC(C)(C)C(C)(C)O4)cc3F)n(C[C@@H]3CCO3)c2c1. The molecule has 0 radical (unpaired) electrons. The summed E-state index contributed by atoms with van der Waals surface area (Å²) in [4.78, 5) is 21.2. The van der Waals surface area contributed by atoms with Gasteiger partial charge in [0.15, 0.2) is 0 Å². The van der Waals surface area contributed by atoms with Gasteiger partial charge < -0.3 is 23.3 Å². The molecule has 3 aromatic rings. The Morgan fingerprint density at radius 2 is 1.94 bits per heavy atom. The summed E-state index contributed by atoms with van der Waals surface area (Å²) < 4.78 is 39.7. The summed E-state index contributed by atoms with van der Waals surface area (Å²) in [5, 5.41) is 0. The van der Waals surface area contributed by atoms with Gasteiger partial charge in [0.2, 0.25) is 0 Å². The number of hydrogen-bond donors (Lipinski definition) is 0. The monoisotopic (exact) mass is 481 g/mol. The average Bonchev–Trinajstić information content (AvgIpc) is 3.23. The molecule has 184 valence electrons. The molecular weight excluding hydrogens is 452 g/mol. The van der Waals surface area contributed by atoms with Gasteiger partial charge in [-0.25, -0.2) is 14.2 Å². The van der Waals surface area contributed by atoms with Crippen molar-refractivity contribution in [1.29, 1.82) is 0 Å². The topological polar surface area (TPSA) is 84.7 Å². The van der Waals surface area contributed by atoms with Crippen LogP contribution in [0.15, 0.2) is 30.5 Å². The molecule has 2 aliphatic heterocycles. The normalized spacial score (nSPS) is 20.7. The van der Waals surface area contributed by atoms with Gasteiger partial charge >= 0.3 is 13.1 Å². The van der Waals surface area contributed by atoms with E-state index in [-0.39, 0.29) is 18.2 Å². The molecule has 2 saturated heterocycles. The third kappa shape index (κ3) is 4.35. The number of hydrogen-bond acceptors (Lipinski definition) is 7. The fourth-order valence-corrected chi connectivity index (χ4v) is 4.26. The smallest absolute Gasteiger partial charge is 0.465 e. The number of halogens is 1. The van der Waals surface area contributed by atoms with E-state index in [0.29, 0.717) is 28.9 Å². The van der Waals surface area contributed by atoms with Crippen molar-refractivity contribution < 1.29 is 28.0 Å². The van der Waals surface area contributed by atoms with Gasteiger partial charge in [0, 0.05) is 18.3 Å². The predicted molar refractivity (Wildman–Crippen MR) is 128 cm³/mol. The summed E-state index contributed by atoms with van der Waals surface area (Å²) in [6.07, 6.45) is 2.77. The van der Waals surface area contributed by atoms with Crippen LogP contribution in [-0.2, 0) is 31.7 Å². The van der Waals surface area contributed by atoms with E-state index in [1.807, 2.05) is 32.3 Å². The van der Waals surface area contributed by atoms with E-state index < -0.39 is 30.1 Å². The molecule has 0 amide bonds. The number of pyridine rings is 1. The number of methoxy groups -OCH3 is 1. The summed E-state index contributed by atoms with van der Waals surface area (Å²) >= 11 is 0. The molecule has 1 atom stereocenters. The Hall–Kier alpha value is -2.82. The van der Waals surface area contributed by atoms with E-state index in [4.69, 9.17) is 23.8 Å². The second-order valence-corrected chi connectivity index (χ2v) is 10.1. The van der Waals surface area contributed by atoms with Crippen LogP contribution in [0.3, 0.4) is 0 Å². The van der Waals surface area contributed by atoms with Crippen molar-refractivity contribution in [3.8, 4) is 0 Å². The quantitative estimate of drug-likeness (QED) is 0.395.